The summed E-state index contributed by atoms with van der Waals surface area (Å²) in [5, 5.41) is 11.3. The van der Waals surface area contributed by atoms with Gasteiger partial charge in [-0.15, -0.1) is 0 Å². The van der Waals surface area contributed by atoms with Gasteiger partial charge in [0.05, 0.1) is 5.56 Å². The minimum absolute atomic E-state index is 0.0638. The van der Waals surface area contributed by atoms with Crippen LogP contribution in [0.25, 0.3) is 0 Å². The van der Waals surface area contributed by atoms with Gasteiger partial charge in [0.2, 0.25) is 0 Å². The van der Waals surface area contributed by atoms with Crippen molar-refractivity contribution in [2.24, 2.45) is 5.73 Å². The molecule has 8 heteroatoms. The average molecular weight is 291 g/mol. The fraction of sp³-hybridized carbons (Fsp3) is 0.500. The molecule has 4 N–H and O–H groups in total. The van der Waals surface area contributed by atoms with Gasteiger partial charge in [-0.25, -0.2) is 4.98 Å². The largest absolute Gasteiger partial charge is 0.433 e. The first-order chi connectivity index (χ1) is 9.36. The molecule has 1 amide bonds. The third kappa shape index (κ3) is 4.69. The number of alkyl halides is 3. The predicted molar refractivity (Wildman–Crippen MR) is 67.2 cm³/mol. The Morgan fingerprint density at radius 3 is 2.55 bits per heavy atom. The molecule has 0 aliphatic carbocycles. The molecule has 1 rings (SSSR count). The second-order valence-electron chi connectivity index (χ2n) is 4.17. The van der Waals surface area contributed by atoms with Gasteiger partial charge in [0.25, 0.3) is 5.91 Å². The number of aliphatic hydroxyl groups excluding tert-OH is 1. The van der Waals surface area contributed by atoms with E-state index in [-0.39, 0.29) is 18.0 Å². The Labute approximate surface area is 114 Å². The van der Waals surface area contributed by atoms with Gasteiger partial charge in [0.1, 0.15) is 11.5 Å². The highest BCUT2D eigenvalue weighted by Gasteiger charge is 2.33. The van der Waals surface area contributed by atoms with Gasteiger partial charge in [-0.3, -0.25) is 4.79 Å². The average Bonchev–Trinajstić information content (AvgIpc) is 2.37. The molecular weight excluding hydrogens is 275 g/mol. The third-order valence-corrected chi connectivity index (χ3v) is 2.58. The molecule has 112 valence electrons. The van der Waals surface area contributed by atoms with Crippen LogP contribution in [-0.4, -0.2) is 29.1 Å². The number of hydrogen-bond donors (Lipinski definition) is 3. The van der Waals surface area contributed by atoms with Crippen LogP contribution in [0.15, 0.2) is 12.1 Å². The number of aliphatic hydroxyl groups is 1. The van der Waals surface area contributed by atoms with E-state index in [4.69, 9.17) is 10.8 Å². The van der Waals surface area contributed by atoms with E-state index in [1.165, 1.54) is 0 Å². The van der Waals surface area contributed by atoms with E-state index in [1.54, 1.807) is 0 Å². The lowest BCUT2D eigenvalue weighted by molar-refractivity contribution is -0.141. The minimum Gasteiger partial charge on any atom is -0.396 e. The molecule has 0 fully saturated rings. The van der Waals surface area contributed by atoms with Crippen molar-refractivity contribution in [1.29, 1.82) is 0 Å². The van der Waals surface area contributed by atoms with Crippen LogP contribution in [0.4, 0.5) is 19.0 Å². The van der Waals surface area contributed by atoms with Crippen LogP contribution in [0, 0.1) is 0 Å². The van der Waals surface area contributed by atoms with Crippen LogP contribution in [0.3, 0.4) is 0 Å². The zero-order valence-corrected chi connectivity index (χ0v) is 10.7. The SMILES string of the molecule is NC(=O)c1ccc(C(F)(F)F)nc1NCCCCCO. The summed E-state index contributed by atoms with van der Waals surface area (Å²) in [5.41, 5.74) is 3.93. The van der Waals surface area contributed by atoms with E-state index in [1.807, 2.05) is 0 Å². The van der Waals surface area contributed by atoms with E-state index >= 15 is 0 Å². The number of pyridine rings is 1. The quantitative estimate of drug-likeness (QED) is 0.668. The number of anilines is 1. The number of nitrogens with two attached hydrogens (primary N) is 1. The zero-order chi connectivity index (χ0) is 15.2. The summed E-state index contributed by atoms with van der Waals surface area (Å²) in [4.78, 5) is 14.5. The molecule has 0 saturated carbocycles. The number of primary amides is 1. The fourth-order valence-electron chi connectivity index (χ4n) is 1.57. The molecule has 0 spiro atoms. The molecule has 0 aliphatic rings. The van der Waals surface area contributed by atoms with Crippen LogP contribution >= 0.6 is 0 Å². The first kappa shape index (κ1) is 16.2. The Balaban J connectivity index is 2.81. The third-order valence-electron chi connectivity index (χ3n) is 2.58. The Kier molecular flexibility index (Phi) is 5.75. The summed E-state index contributed by atoms with van der Waals surface area (Å²) in [6, 6.07) is 1.73. The minimum atomic E-state index is -4.58. The molecule has 0 unspecified atom stereocenters. The Bertz CT molecular complexity index is 464. The highest BCUT2D eigenvalue weighted by molar-refractivity contribution is 5.97. The van der Waals surface area contributed by atoms with Crippen molar-refractivity contribution in [3.8, 4) is 0 Å². The normalized spacial score (nSPS) is 11.4. The number of nitrogens with zero attached hydrogens (tertiary/aromatic N) is 1. The standard InChI is InChI=1S/C12H16F3N3O2/c13-12(14,15)9-5-4-8(10(16)20)11(18-9)17-6-2-1-3-7-19/h4-5,19H,1-3,6-7H2,(H2,16,20)(H,17,18). The molecule has 0 radical (unpaired) electrons. The van der Waals surface area contributed by atoms with Crippen molar-refractivity contribution in [2.45, 2.75) is 25.4 Å². The maximum absolute atomic E-state index is 12.6. The molecule has 20 heavy (non-hydrogen) atoms. The van der Waals surface area contributed by atoms with Crippen molar-refractivity contribution in [3.63, 3.8) is 0 Å². The Morgan fingerprint density at radius 2 is 2.00 bits per heavy atom. The van der Waals surface area contributed by atoms with E-state index in [0.29, 0.717) is 25.8 Å². The number of unbranched alkanes of at least 4 members (excludes halogenated alkanes) is 2. The highest BCUT2D eigenvalue weighted by atomic mass is 19.4. The highest BCUT2D eigenvalue weighted by Crippen LogP contribution is 2.29. The number of carbonyl (C=O) groups is 1. The summed E-state index contributed by atoms with van der Waals surface area (Å²) in [5.74, 6) is -1.01. The molecule has 0 atom stereocenters. The van der Waals surface area contributed by atoms with Crippen molar-refractivity contribution < 1.29 is 23.1 Å². The first-order valence-electron chi connectivity index (χ1n) is 6.09. The molecular formula is C12H16F3N3O2. The molecule has 0 saturated heterocycles. The predicted octanol–water partition coefficient (Wildman–Crippen LogP) is 1.77. The van der Waals surface area contributed by atoms with Crippen molar-refractivity contribution in [1.82, 2.24) is 4.98 Å². The van der Waals surface area contributed by atoms with Gasteiger partial charge in [0, 0.05) is 13.2 Å². The van der Waals surface area contributed by atoms with Gasteiger partial charge >= 0.3 is 6.18 Å². The lowest BCUT2D eigenvalue weighted by Crippen LogP contribution is -2.18. The number of hydrogen-bond acceptors (Lipinski definition) is 4. The van der Waals surface area contributed by atoms with Gasteiger partial charge < -0.3 is 16.2 Å². The number of carbonyl (C=O) groups excluding carboxylic acids is 1. The first-order valence-corrected chi connectivity index (χ1v) is 6.09. The number of halogens is 3. The molecule has 1 aromatic heterocycles. The topological polar surface area (TPSA) is 88.2 Å². The number of amides is 1. The summed E-state index contributed by atoms with van der Waals surface area (Å²) in [6.07, 6.45) is -2.62. The van der Waals surface area contributed by atoms with Gasteiger partial charge in [0.15, 0.2) is 0 Å². The maximum Gasteiger partial charge on any atom is 0.433 e. The second-order valence-corrected chi connectivity index (χ2v) is 4.17. The monoisotopic (exact) mass is 291 g/mol. The van der Waals surface area contributed by atoms with E-state index in [2.05, 4.69) is 10.3 Å². The summed E-state index contributed by atoms with van der Waals surface area (Å²) < 4.78 is 37.7. The summed E-state index contributed by atoms with van der Waals surface area (Å²) >= 11 is 0. The smallest absolute Gasteiger partial charge is 0.396 e. The van der Waals surface area contributed by atoms with Gasteiger partial charge in [-0.05, 0) is 31.4 Å². The molecule has 0 aromatic carbocycles. The fourth-order valence-corrected chi connectivity index (χ4v) is 1.57. The lowest BCUT2D eigenvalue weighted by Gasteiger charge is -2.12. The van der Waals surface area contributed by atoms with Crippen molar-refractivity contribution >= 4 is 11.7 Å². The number of rotatable bonds is 7. The van der Waals surface area contributed by atoms with Crippen molar-refractivity contribution in [2.75, 3.05) is 18.5 Å². The molecule has 1 aromatic rings. The Morgan fingerprint density at radius 1 is 1.30 bits per heavy atom. The van der Waals surface area contributed by atoms with E-state index in [0.717, 1.165) is 12.1 Å². The summed E-state index contributed by atoms with van der Waals surface area (Å²) in [7, 11) is 0. The van der Waals surface area contributed by atoms with Crippen molar-refractivity contribution in [3.05, 3.63) is 23.4 Å². The molecule has 1 heterocycles. The zero-order valence-electron chi connectivity index (χ0n) is 10.7. The van der Waals surface area contributed by atoms with Crippen LogP contribution in [0.5, 0.6) is 0 Å². The molecule has 5 nitrogen and oxygen atoms in total. The van der Waals surface area contributed by atoms with E-state index in [9.17, 15) is 18.0 Å². The van der Waals surface area contributed by atoms with Crippen LogP contribution in [0.1, 0.15) is 35.3 Å². The van der Waals surface area contributed by atoms with Gasteiger partial charge in [-0.2, -0.15) is 13.2 Å². The van der Waals surface area contributed by atoms with E-state index < -0.39 is 17.8 Å². The number of nitrogens with one attached hydrogen (secondary N) is 1. The lowest BCUT2D eigenvalue weighted by atomic mass is 10.2. The van der Waals surface area contributed by atoms with Gasteiger partial charge in [-0.1, -0.05) is 0 Å². The Hall–Kier alpha value is -1.83. The van der Waals surface area contributed by atoms with Crippen LogP contribution in [-0.2, 0) is 6.18 Å². The maximum atomic E-state index is 12.6. The van der Waals surface area contributed by atoms with Crippen LogP contribution in [0.2, 0.25) is 0 Å². The summed E-state index contributed by atoms with van der Waals surface area (Å²) in [6.45, 7) is 0.406. The molecule has 0 bridgehead atoms. The molecule has 0 aliphatic heterocycles. The number of aromatic nitrogens is 1. The second kappa shape index (κ2) is 7.09. The van der Waals surface area contributed by atoms with Crippen LogP contribution < -0.4 is 11.1 Å².